The molecule has 0 amide bonds. The normalized spacial score (nSPS) is 54.0. The summed E-state index contributed by atoms with van der Waals surface area (Å²) in [5.41, 5.74) is -1.78. The predicted molar refractivity (Wildman–Crippen MR) is 94.8 cm³/mol. The van der Waals surface area contributed by atoms with Gasteiger partial charge >= 0.3 is 0 Å². The molecule has 5 nitrogen and oxygen atoms in total. The fourth-order valence-electron chi connectivity index (χ4n) is 5.46. The van der Waals surface area contributed by atoms with Gasteiger partial charge in [0, 0.05) is 11.8 Å². The Balaban J connectivity index is 2.08. The molecule has 0 aromatic rings. The van der Waals surface area contributed by atoms with Crippen LogP contribution < -0.4 is 0 Å². The SMILES string of the molecule is C=C1CCC(C(C)C)C2C1C1OC2C(C)(O)CCC(O)C(C)(O)C1O. The quantitative estimate of drug-likeness (QED) is 0.537. The Morgan fingerprint density at radius 3 is 2.40 bits per heavy atom. The molecule has 2 bridgehead atoms. The Bertz CT molecular complexity index is 526. The zero-order chi connectivity index (χ0) is 18.7. The number of hydrogen-bond acceptors (Lipinski definition) is 5. The molecule has 3 fully saturated rings. The zero-order valence-corrected chi connectivity index (χ0v) is 15.9. The smallest absolute Gasteiger partial charge is 0.116 e. The van der Waals surface area contributed by atoms with Gasteiger partial charge in [0.2, 0.25) is 0 Å². The Hall–Kier alpha value is -0.460. The van der Waals surface area contributed by atoms with Crippen molar-refractivity contribution in [2.24, 2.45) is 23.7 Å². The summed E-state index contributed by atoms with van der Waals surface area (Å²) in [6.45, 7) is 11.8. The van der Waals surface area contributed by atoms with Crippen LogP contribution in [0.4, 0.5) is 0 Å². The van der Waals surface area contributed by atoms with Crippen LogP contribution in [-0.2, 0) is 4.74 Å². The molecular weight excluding hydrogens is 320 g/mol. The van der Waals surface area contributed by atoms with Gasteiger partial charge in [-0.2, -0.15) is 0 Å². The van der Waals surface area contributed by atoms with Crippen molar-refractivity contribution >= 4 is 0 Å². The first-order valence-electron chi connectivity index (χ1n) is 9.62. The molecule has 25 heavy (non-hydrogen) atoms. The molecule has 0 aromatic heterocycles. The predicted octanol–water partition coefficient (Wildman–Crippen LogP) is 1.63. The van der Waals surface area contributed by atoms with E-state index in [4.69, 9.17) is 4.74 Å². The van der Waals surface area contributed by atoms with Crippen molar-refractivity contribution in [2.75, 3.05) is 0 Å². The van der Waals surface area contributed by atoms with Crippen molar-refractivity contribution in [3.05, 3.63) is 12.2 Å². The molecule has 2 heterocycles. The van der Waals surface area contributed by atoms with E-state index in [1.807, 2.05) is 0 Å². The average molecular weight is 354 g/mol. The summed E-state index contributed by atoms with van der Waals surface area (Å²) in [6.07, 6.45) is -1.01. The molecule has 2 saturated heterocycles. The van der Waals surface area contributed by atoms with Crippen LogP contribution in [0.1, 0.15) is 53.4 Å². The minimum absolute atomic E-state index is 0.0712. The molecule has 3 rings (SSSR count). The van der Waals surface area contributed by atoms with Crippen molar-refractivity contribution in [1.29, 1.82) is 0 Å². The average Bonchev–Trinajstić information content (AvgIpc) is 2.93. The lowest BCUT2D eigenvalue weighted by Crippen LogP contribution is -2.57. The minimum atomic E-state index is -1.68. The first kappa shape index (κ1) is 19.3. The summed E-state index contributed by atoms with van der Waals surface area (Å²) in [4.78, 5) is 0. The highest BCUT2D eigenvalue weighted by Gasteiger charge is 2.61. The van der Waals surface area contributed by atoms with Gasteiger partial charge < -0.3 is 25.2 Å². The van der Waals surface area contributed by atoms with Crippen molar-refractivity contribution in [2.45, 2.75) is 89.0 Å². The third-order valence-electron chi connectivity index (χ3n) is 7.16. The number of fused-ring (bicyclic) bond motifs is 5. The highest BCUT2D eigenvalue weighted by molar-refractivity contribution is 5.20. The van der Waals surface area contributed by atoms with Crippen LogP contribution in [0, 0.1) is 23.7 Å². The van der Waals surface area contributed by atoms with E-state index in [1.165, 1.54) is 6.92 Å². The number of hydrogen-bond donors (Lipinski definition) is 4. The standard InChI is InChI=1S/C20H34O5/c1-10(2)12-7-6-11(3)14-15(12)18-19(4,23)9-8-13(21)20(5,24)17(22)16(14)25-18/h10,12-18,21-24H,3,6-9H2,1-2,4-5H3. The van der Waals surface area contributed by atoms with Crippen molar-refractivity contribution in [3.63, 3.8) is 0 Å². The molecule has 144 valence electrons. The summed E-state index contributed by atoms with van der Waals surface area (Å²) in [5, 5.41) is 43.3. The largest absolute Gasteiger partial charge is 0.390 e. The minimum Gasteiger partial charge on any atom is -0.390 e. The lowest BCUT2D eigenvalue weighted by Gasteiger charge is -2.45. The lowest BCUT2D eigenvalue weighted by atomic mass is 9.60. The Morgan fingerprint density at radius 2 is 1.80 bits per heavy atom. The second-order valence-corrected chi connectivity index (χ2v) is 9.31. The van der Waals surface area contributed by atoms with E-state index in [-0.39, 0.29) is 18.3 Å². The Labute approximate surface area is 150 Å². The molecule has 9 unspecified atom stereocenters. The third kappa shape index (κ3) is 2.98. The van der Waals surface area contributed by atoms with Gasteiger partial charge in [0.05, 0.1) is 23.9 Å². The van der Waals surface area contributed by atoms with E-state index in [9.17, 15) is 20.4 Å². The Kier molecular flexibility index (Phi) is 4.87. The topological polar surface area (TPSA) is 90.2 Å². The van der Waals surface area contributed by atoms with Crippen LogP contribution in [0.3, 0.4) is 0 Å². The van der Waals surface area contributed by atoms with Gasteiger partial charge in [0.25, 0.3) is 0 Å². The molecular formula is C20H34O5. The second-order valence-electron chi connectivity index (χ2n) is 9.31. The van der Waals surface area contributed by atoms with Crippen LogP contribution in [0.15, 0.2) is 12.2 Å². The molecule has 1 saturated carbocycles. The first-order valence-corrected chi connectivity index (χ1v) is 9.62. The molecule has 9 atom stereocenters. The summed E-state index contributed by atoms with van der Waals surface area (Å²) < 4.78 is 6.26. The highest BCUT2D eigenvalue weighted by atomic mass is 16.5. The molecule has 0 spiro atoms. The lowest BCUT2D eigenvalue weighted by molar-refractivity contribution is -0.180. The molecule has 0 aromatic carbocycles. The maximum atomic E-state index is 11.2. The summed E-state index contributed by atoms with van der Waals surface area (Å²) in [7, 11) is 0. The zero-order valence-electron chi connectivity index (χ0n) is 15.9. The van der Waals surface area contributed by atoms with Gasteiger partial charge in [-0.3, -0.25) is 0 Å². The summed E-state index contributed by atoms with van der Waals surface area (Å²) in [5.74, 6) is 0.775. The molecule has 4 N–H and O–H groups in total. The number of ether oxygens (including phenoxy) is 1. The Morgan fingerprint density at radius 1 is 1.16 bits per heavy atom. The van der Waals surface area contributed by atoms with Crippen molar-refractivity contribution in [3.8, 4) is 0 Å². The van der Waals surface area contributed by atoms with E-state index >= 15 is 0 Å². The van der Waals surface area contributed by atoms with Crippen LogP contribution in [0.2, 0.25) is 0 Å². The number of rotatable bonds is 1. The second kappa shape index (κ2) is 6.31. The van der Waals surface area contributed by atoms with Crippen molar-refractivity contribution < 1.29 is 25.2 Å². The van der Waals surface area contributed by atoms with Gasteiger partial charge in [-0.1, -0.05) is 26.0 Å². The van der Waals surface area contributed by atoms with Gasteiger partial charge in [0.1, 0.15) is 11.7 Å². The maximum absolute atomic E-state index is 11.2. The van der Waals surface area contributed by atoms with E-state index in [0.29, 0.717) is 18.3 Å². The number of aliphatic hydroxyl groups is 4. The monoisotopic (exact) mass is 354 g/mol. The van der Waals surface area contributed by atoms with Gasteiger partial charge in [-0.05, 0) is 51.4 Å². The maximum Gasteiger partial charge on any atom is 0.116 e. The van der Waals surface area contributed by atoms with Crippen LogP contribution in [0.5, 0.6) is 0 Å². The van der Waals surface area contributed by atoms with Gasteiger partial charge in [-0.25, -0.2) is 0 Å². The van der Waals surface area contributed by atoms with E-state index < -0.39 is 35.6 Å². The van der Waals surface area contributed by atoms with E-state index in [2.05, 4.69) is 20.4 Å². The molecule has 3 aliphatic rings. The van der Waals surface area contributed by atoms with Crippen LogP contribution >= 0.6 is 0 Å². The van der Waals surface area contributed by atoms with Crippen LogP contribution in [-0.4, -0.2) is 56.0 Å². The first-order chi connectivity index (χ1) is 11.5. The number of aliphatic hydroxyl groups excluding tert-OH is 2. The molecule has 0 radical (unpaired) electrons. The third-order valence-corrected chi connectivity index (χ3v) is 7.16. The van der Waals surface area contributed by atoms with E-state index in [1.54, 1.807) is 6.92 Å². The molecule has 2 aliphatic heterocycles. The van der Waals surface area contributed by atoms with Gasteiger partial charge in [0.15, 0.2) is 0 Å². The highest BCUT2D eigenvalue weighted by Crippen LogP contribution is 2.55. The molecule has 5 heteroatoms. The van der Waals surface area contributed by atoms with Crippen LogP contribution in [0.25, 0.3) is 0 Å². The van der Waals surface area contributed by atoms with Gasteiger partial charge in [-0.15, -0.1) is 0 Å². The van der Waals surface area contributed by atoms with E-state index in [0.717, 1.165) is 18.4 Å². The molecule has 1 aliphatic carbocycles. The summed E-state index contributed by atoms with van der Waals surface area (Å²) >= 11 is 0. The van der Waals surface area contributed by atoms with Crippen molar-refractivity contribution in [1.82, 2.24) is 0 Å². The summed E-state index contributed by atoms with van der Waals surface area (Å²) in [6, 6.07) is 0. The fourth-order valence-corrected chi connectivity index (χ4v) is 5.46. The fraction of sp³-hybridized carbons (Fsp3) is 0.900.